The van der Waals surface area contributed by atoms with E-state index >= 15 is 0 Å². The smallest absolute Gasteiger partial charge is 0.377 e. The first-order chi connectivity index (χ1) is 11.1. The molecule has 23 heavy (non-hydrogen) atoms. The molecule has 1 aliphatic rings. The highest BCUT2D eigenvalue weighted by Crippen LogP contribution is 2.34. The fraction of sp³-hybridized carbons (Fsp3) is 0.353. The van der Waals surface area contributed by atoms with Crippen molar-refractivity contribution in [3.8, 4) is 0 Å². The van der Waals surface area contributed by atoms with Crippen molar-refractivity contribution in [2.45, 2.75) is 29.4 Å². The van der Waals surface area contributed by atoms with E-state index in [1.54, 1.807) is 18.6 Å². The van der Waals surface area contributed by atoms with Crippen LogP contribution in [0, 0.1) is 0 Å². The van der Waals surface area contributed by atoms with Gasteiger partial charge in [0.15, 0.2) is 0 Å². The number of carbonyl (C=O) groups excluding carboxylic acids is 1. The Balaban J connectivity index is 1.75. The van der Waals surface area contributed by atoms with Gasteiger partial charge in [-0.25, -0.2) is 0 Å². The van der Waals surface area contributed by atoms with Gasteiger partial charge < -0.3 is 14.6 Å². The number of ether oxygens (including phenoxy) is 1. The summed E-state index contributed by atoms with van der Waals surface area (Å²) in [4.78, 5) is 14.9. The van der Waals surface area contributed by atoms with Crippen molar-refractivity contribution in [2.24, 2.45) is 0 Å². The van der Waals surface area contributed by atoms with Crippen molar-refractivity contribution in [1.29, 1.82) is 0 Å². The molecule has 0 unspecified atom stereocenters. The molecule has 6 heteroatoms. The lowest BCUT2D eigenvalue weighted by Crippen LogP contribution is -2.45. The number of methoxy groups -OCH3 is 1. The number of esters is 1. The van der Waals surface area contributed by atoms with Gasteiger partial charge in [0.1, 0.15) is 6.04 Å². The molecule has 120 valence electrons. The molecule has 0 saturated carbocycles. The molecule has 1 N–H and O–H groups in total. The molecule has 0 bridgehead atoms. The maximum absolute atomic E-state index is 11.9. The Bertz CT molecular complexity index is 709. The third-order valence-corrected chi connectivity index (χ3v) is 5.48. The lowest BCUT2D eigenvalue weighted by Gasteiger charge is -2.22. The number of benzene rings is 2. The van der Waals surface area contributed by atoms with Gasteiger partial charge in [0, 0.05) is 16.7 Å². The molecule has 1 aliphatic heterocycles. The van der Waals surface area contributed by atoms with Gasteiger partial charge in [-0.3, -0.25) is 4.79 Å². The second kappa shape index (κ2) is 6.95. The van der Waals surface area contributed by atoms with Crippen LogP contribution in [-0.2, 0) is 9.53 Å². The molecule has 4 nitrogen and oxygen atoms in total. The first kappa shape index (κ1) is 16.4. The standard InChI is InChI=1S/C17H20BNO3S/c1-18(21)19-11-15(10-16(19)17(20)22-2)23-14-8-7-12-5-3-4-6-13(12)9-14/h3-9,15-16,21H,10-11H2,1-2H3/t15-,16+/m1/s1. The van der Waals surface area contributed by atoms with Gasteiger partial charge in [0.2, 0.25) is 0 Å². The fourth-order valence-electron chi connectivity index (χ4n) is 3.12. The molecule has 1 saturated heterocycles. The van der Waals surface area contributed by atoms with Gasteiger partial charge in [-0.2, -0.15) is 0 Å². The number of carbonyl (C=O) groups is 1. The summed E-state index contributed by atoms with van der Waals surface area (Å²) >= 11 is 1.76. The lowest BCUT2D eigenvalue weighted by molar-refractivity contribution is -0.144. The average molecular weight is 329 g/mol. The first-order valence-electron chi connectivity index (χ1n) is 7.75. The normalized spacial score (nSPS) is 21.5. The van der Waals surface area contributed by atoms with Crippen molar-refractivity contribution >= 4 is 35.6 Å². The molecule has 2 aromatic carbocycles. The Morgan fingerprint density at radius 2 is 2.04 bits per heavy atom. The van der Waals surface area contributed by atoms with Crippen molar-refractivity contribution < 1.29 is 14.6 Å². The van der Waals surface area contributed by atoms with Gasteiger partial charge in [-0.1, -0.05) is 30.3 Å². The van der Waals surface area contributed by atoms with Crippen LogP contribution >= 0.6 is 11.8 Å². The van der Waals surface area contributed by atoms with E-state index in [9.17, 15) is 9.82 Å². The van der Waals surface area contributed by atoms with Gasteiger partial charge in [0.05, 0.1) is 7.11 Å². The predicted octanol–water partition coefficient (Wildman–Crippen LogP) is 2.66. The van der Waals surface area contributed by atoms with Crippen LogP contribution in [0.5, 0.6) is 0 Å². The molecule has 1 heterocycles. The Hall–Kier alpha value is -1.50. The van der Waals surface area contributed by atoms with Crippen molar-refractivity contribution in [1.82, 2.24) is 4.81 Å². The molecule has 2 atom stereocenters. The van der Waals surface area contributed by atoms with Crippen LogP contribution in [0.1, 0.15) is 6.42 Å². The van der Waals surface area contributed by atoms with Crippen molar-refractivity contribution in [3.63, 3.8) is 0 Å². The summed E-state index contributed by atoms with van der Waals surface area (Å²) in [7, 11) is 0.744. The van der Waals surface area contributed by atoms with E-state index in [2.05, 4.69) is 30.3 Å². The van der Waals surface area contributed by atoms with Crippen molar-refractivity contribution in [3.05, 3.63) is 42.5 Å². The van der Waals surface area contributed by atoms with Crippen LogP contribution in [-0.4, -0.2) is 47.8 Å². The summed E-state index contributed by atoms with van der Waals surface area (Å²) in [5.41, 5.74) is 0. The molecule has 0 radical (unpaired) electrons. The number of hydrogen-bond donors (Lipinski definition) is 1. The van der Waals surface area contributed by atoms with Crippen LogP contribution < -0.4 is 0 Å². The number of fused-ring (bicyclic) bond motifs is 1. The molecule has 1 fully saturated rings. The highest BCUT2D eigenvalue weighted by atomic mass is 32.2. The van der Waals surface area contributed by atoms with E-state index in [-0.39, 0.29) is 17.3 Å². The summed E-state index contributed by atoms with van der Waals surface area (Å²) in [5, 5.41) is 12.6. The fourth-order valence-corrected chi connectivity index (χ4v) is 4.37. The Morgan fingerprint density at radius 1 is 1.30 bits per heavy atom. The van der Waals surface area contributed by atoms with Crippen LogP contribution in [0.4, 0.5) is 0 Å². The topological polar surface area (TPSA) is 49.8 Å². The van der Waals surface area contributed by atoms with Crippen LogP contribution in [0.15, 0.2) is 47.4 Å². The summed E-state index contributed by atoms with van der Waals surface area (Å²) in [6.45, 7) is 2.37. The highest BCUT2D eigenvalue weighted by Gasteiger charge is 2.41. The Labute approximate surface area is 140 Å². The van der Waals surface area contributed by atoms with Gasteiger partial charge in [-0.05, 0) is 36.1 Å². The Morgan fingerprint density at radius 3 is 2.74 bits per heavy atom. The minimum Gasteiger partial charge on any atom is -0.468 e. The average Bonchev–Trinajstić information content (AvgIpc) is 2.98. The predicted molar refractivity (Wildman–Crippen MR) is 94.6 cm³/mol. The third kappa shape index (κ3) is 3.55. The maximum atomic E-state index is 11.9. The number of hydrogen-bond acceptors (Lipinski definition) is 5. The van der Waals surface area contributed by atoms with E-state index in [0.29, 0.717) is 13.0 Å². The largest absolute Gasteiger partial charge is 0.468 e. The van der Waals surface area contributed by atoms with E-state index in [1.165, 1.54) is 22.8 Å². The second-order valence-electron chi connectivity index (χ2n) is 5.85. The van der Waals surface area contributed by atoms with Gasteiger partial charge >= 0.3 is 13.0 Å². The van der Waals surface area contributed by atoms with Crippen molar-refractivity contribution in [2.75, 3.05) is 13.7 Å². The monoisotopic (exact) mass is 329 g/mol. The number of rotatable bonds is 4. The zero-order valence-electron chi connectivity index (χ0n) is 13.3. The third-order valence-electron chi connectivity index (χ3n) is 4.28. The van der Waals surface area contributed by atoms with E-state index in [4.69, 9.17) is 4.74 Å². The van der Waals surface area contributed by atoms with E-state index < -0.39 is 7.05 Å². The molecule has 0 aliphatic carbocycles. The summed E-state index contributed by atoms with van der Waals surface area (Å²) in [6.07, 6.45) is 0.690. The minimum atomic E-state index is -0.652. The van der Waals surface area contributed by atoms with E-state index in [1.807, 2.05) is 16.9 Å². The molecular formula is C17H20BNO3S. The molecule has 0 spiro atoms. The van der Waals surface area contributed by atoms with Crippen LogP contribution in [0.25, 0.3) is 10.8 Å². The molecule has 3 rings (SSSR count). The first-order valence-corrected chi connectivity index (χ1v) is 8.63. The van der Waals surface area contributed by atoms with Crippen LogP contribution in [0.2, 0.25) is 6.82 Å². The lowest BCUT2D eigenvalue weighted by atomic mass is 9.84. The molecule has 0 aromatic heterocycles. The Kier molecular flexibility index (Phi) is 4.94. The zero-order chi connectivity index (χ0) is 16.4. The molecular weight excluding hydrogens is 309 g/mol. The minimum absolute atomic E-state index is 0.259. The number of thioether (sulfide) groups is 1. The van der Waals surface area contributed by atoms with Crippen LogP contribution in [0.3, 0.4) is 0 Å². The zero-order valence-corrected chi connectivity index (χ0v) is 14.1. The SMILES string of the molecule is COC(=O)[C@@H]1C[C@@H](Sc2ccc3ccccc3c2)CN1B(C)O. The second-order valence-corrected chi connectivity index (χ2v) is 7.23. The molecule has 0 amide bonds. The summed E-state index contributed by atoms with van der Waals surface area (Å²) < 4.78 is 4.87. The highest BCUT2D eigenvalue weighted by molar-refractivity contribution is 8.00. The summed E-state index contributed by atoms with van der Waals surface area (Å²) in [6, 6.07) is 14.3. The number of nitrogens with zero attached hydrogens (tertiary/aromatic N) is 1. The van der Waals surface area contributed by atoms with Gasteiger partial charge in [0.25, 0.3) is 0 Å². The quantitative estimate of drug-likeness (QED) is 0.690. The summed E-state index contributed by atoms with van der Waals surface area (Å²) in [5.74, 6) is -0.271. The van der Waals surface area contributed by atoms with E-state index in [0.717, 1.165) is 0 Å². The maximum Gasteiger partial charge on any atom is 0.377 e. The molecule has 2 aromatic rings. The van der Waals surface area contributed by atoms with Gasteiger partial charge in [-0.15, -0.1) is 11.8 Å².